The van der Waals surface area contributed by atoms with Gasteiger partial charge < -0.3 is 5.32 Å². The van der Waals surface area contributed by atoms with Gasteiger partial charge >= 0.3 is 0 Å². The number of halogens is 2. The summed E-state index contributed by atoms with van der Waals surface area (Å²) in [6.45, 7) is 5.34. The van der Waals surface area contributed by atoms with E-state index in [1.165, 1.54) is 12.1 Å². The zero-order chi connectivity index (χ0) is 11.8. The Morgan fingerprint density at radius 1 is 1.12 bits per heavy atom. The summed E-state index contributed by atoms with van der Waals surface area (Å²) in [5, 5.41) is 3.24. The van der Waals surface area contributed by atoms with E-state index in [1.54, 1.807) is 6.92 Å². The van der Waals surface area contributed by atoms with Crippen LogP contribution in [0.25, 0.3) is 0 Å². The highest BCUT2D eigenvalue weighted by Crippen LogP contribution is 2.35. The van der Waals surface area contributed by atoms with Gasteiger partial charge in [-0.05, 0) is 61.5 Å². The van der Waals surface area contributed by atoms with E-state index in [0.717, 1.165) is 25.9 Å². The topological polar surface area (TPSA) is 12.0 Å². The molecule has 1 aromatic rings. The molecule has 16 heavy (non-hydrogen) atoms. The van der Waals surface area contributed by atoms with Gasteiger partial charge in [-0.2, -0.15) is 0 Å². The molecule has 0 saturated carbocycles. The molecule has 0 radical (unpaired) electrons. The number of piperidine rings is 1. The summed E-state index contributed by atoms with van der Waals surface area (Å²) in [6, 6.07) is 2.67. The van der Waals surface area contributed by atoms with E-state index in [4.69, 9.17) is 0 Å². The number of benzene rings is 1. The number of rotatable bonds is 1. The summed E-state index contributed by atoms with van der Waals surface area (Å²) < 4.78 is 27.4. The first kappa shape index (κ1) is 11.5. The summed E-state index contributed by atoms with van der Waals surface area (Å²) in [4.78, 5) is 0. The standard InChI is InChI=1S/C13H17F2N/c1-9-7-12(15)10(8-11(9)14)13(2)3-5-16-6-4-13/h7-8,16H,3-6H2,1-2H3. The lowest BCUT2D eigenvalue weighted by Gasteiger charge is -2.35. The van der Waals surface area contributed by atoms with Crippen LogP contribution in [0.5, 0.6) is 0 Å². The van der Waals surface area contributed by atoms with Gasteiger partial charge in [-0.1, -0.05) is 6.92 Å². The van der Waals surface area contributed by atoms with Crippen LogP contribution in [0.3, 0.4) is 0 Å². The van der Waals surface area contributed by atoms with Crippen LogP contribution in [-0.4, -0.2) is 13.1 Å². The molecule has 0 atom stereocenters. The highest BCUT2D eigenvalue weighted by molar-refractivity contribution is 5.31. The lowest BCUT2D eigenvalue weighted by molar-refractivity contribution is 0.323. The van der Waals surface area contributed by atoms with Crippen molar-refractivity contribution >= 4 is 0 Å². The van der Waals surface area contributed by atoms with Crippen molar-refractivity contribution in [3.05, 3.63) is 34.9 Å². The van der Waals surface area contributed by atoms with Crippen LogP contribution in [0.2, 0.25) is 0 Å². The maximum absolute atomic E-state index is 13.9. The molecule has 88 valence electrons. The van der Waals surface area contributed by atoms with E-state index >= 15 is 0 Å². The van der Waals surface area contributed by atoms with Crippen molar-refractivity contribution in [1.29, 1.82) is 0 Å². The second-order valence-electron chi connectivity index (χ2n) is 4.89. The summed E-state index contributed by atoms with van der Waals surface area (Å²) >= 11 is 0. The van der Waals surface area contributed by atoms with E-state index in [2.05, 4.69) is 5.32 Å². The molecule has 1 N–H and O–H groups in total. The van der Waals surface area contributed by atoms with Gasteiger partial charge in [-0.3, -0.25) is 0 Å². The first-order valence-corrected chi connectivity index (χ1v) is 5.70. The van der Waals surface area contributed by atoms with Crippen molar-refractivity contribution in [1.82, 2.24) is 5.32 Å². The molecule has 1 heterocycles. The van der Waals surface area contributed by atoms with Gasteiger partial charge in [0.25, 0.3) is 0 Å². The highest BCUT2D eigenvalue weighted by Gasteiger charge is 2.31. The summed E-state index contributed by atoms with van der Waals surface area (Å²) in [7, 11) is 0. The first-order chi connectivity index (χ1) is 7.53. The molecule has 0 aliphatic carbocycles. The number of nitrogens with one attached hydrogen (secondary N) is 1. The van der Waals surface area contributed by atoms with Crippen LogP contribution in [0.4, 0.5) is 8.78 Å². The third-order valence-electron chi connectivity index (χ3n) is 3.61. The van der Waals surface area contributed by atoms with Crippen LogP contribution in [0.15, 0.2) is 12.1 Å². The molecule has 0 unspecified atom stereocenters. The normalized spacial score (nSPS) is 19.8. The Bertz CT molecular complexity index is 395. The van der Waals surface area contributed by atoms with Crippen LogP contribution in [-0.2, 0) is 5.41 Å². The minimum absolute atomic E-state index is 0.232. The van der Waals surface area contributed by atoms with E-state index < -0.39 is 0 Å². The Morgan fingerprint density at radius 3 is 2.38 bits per heavy atom. The predicted molar refractivity (Wildman–Crippen MR) is 60.6 cm³/mol. The highest BCUT2D eigenvalue weighted by atomic mass is 19.1. The molecule has 0 spiro atoms. The fraction of sp³-hybridized carbons (Fsp3) is 0.538. The van der Waals surface area contributed by atoms with E-state index in [-0.39, 0.29) is 17.0 Å². The first-order valence-electron chi connectivity index (χ1n) is 5.70. The molecule has 1 aromatic carbocycles. The van der Waals surface area contributed by atoms with Gasteiger partial charge in [0.15, 0.2) is 0 Å². The number of hydrogen-bond donors (Lipinski definition) is 1. The molecule has 0 aromatic heterocycles. The van der Waals surface area contributed by atoms with Gasteiger partial charge in [0.05, 0.1) is 0 Å². The molecule has 2 rings (SSSR count). The third kappa shape index (κ3) is 1.96. The monoisotopic (exact) mass is 225 g/mol. The second-order valence-corrected chi connectivity index (χ2v) is 4.89. The zero-order valence-corrected chi connectivity index (χ0v) is 9.74. The fourth-order valence-electron chi connectivity index (χ4n) is 2.36. The Hall–Kier alpha value is -0.960. The van der Waals surface area contributed by atoms with Crippen LogP contribution in [0, 0.1) is 18.6 Å². The maximum atomic E-state index is 13.9. The Labute approximate surface area is 94.9 Å². The molecule has 0 bridgehead atoms. The summed E-state index contributed by atoms with van der Waals surface area (Å²) in [5.74, 6) is -0.584. The minimum atomic E-state index is -0.309. The number of aryl methyl sites for hydroxylation is 1. The van der Waals surface area contributed by atoms with E-state index in [0.29, 0.717) is 11.1 Å². The quantitative estimate of drug-likeness (QED) is 0.775. The molecule has 0 amide bonds. The van der Waals surface area contributed by atoms with Crippen LogP contribution >= 0.6 is 0 Å². The lowest BCUT2D eigenvalue weighted by Crippen LogP contribution is -2.38. The molecular weight excluding hydrogens is 208 g/mol. The van der Waals surface area contributed by atoms with E-state index in [9.17, 15) is 8.78 Å². The third-order valence-corrected chi connectivity index (χ3v) is 3.61. The van der Waals surface area contributed by atoms with Crippen molar-refractivity contribution in [3.8, 4) is 0 Å². The summed E-state index contributed by atoms with van der Waals surface area (Å²) in [6.07, 6.45) is 1.71. The van der Waals surface area contributed by atoms with Crippen molar-refractivity contribution < 1.29 is 8.78 Å². The average Bonchev–Trinajstić information content (AvgIpc) is 2.24. The van der Waals surface area contributed by atoms with Gasteiger partial charge in [0, 0.05) is 0 Å². The average molecular weight is 225 g/mol. The van der Waals surface area contributed by atoms with E-state index in [1.807, 2.05) is 6.92 Å². The van der Waals surface area contributed by atoms with Gasteiger partial charge in [0.2, 0.25) is 0 Å². The molecular formula is C13H17F2N. The second kappa shape index (κ2) is 4.13. The molecule has 1 saturated heterocycles. The molecule has 3 heteroatoms. The maximum Gasteiger partial charge on any atom is 0.127 e. The lowest BCUT2D eigenvalue weighted by atomic mass is 9.74. The molecule has 1 aliphatic rings. The molecule has 1 fully saturated rings. The Balaban J connectivity index is 2.42. The van der Waals surface area contributed by atoms with Gasteiger partial charge in [-0.25, -0.2) is 8.78 Å². The van der Waals surface area contributed by atoms with Gasteiger partial charge in [0.1, 0.15) is 11.6 Å². The molecule has 1 nitrogen and oxygen atoms in total. The SMILES string of the molecule is Cc1cc(F)c(C2(C)CCNCC2)cc1F. The predicted octanol–water partition coefficient (Wildman–Crippen LogP) is 2.91. The zero-order valence-electron chi connectivity index (χ0n) is 9.74. The van der Waals surface area contributed by atoms with Crippen LogP contribution < -0.4 is 5.32 Å². The largest absolute Gasteiger partial charge is 0.317 e. The van der Waals surface area contributed by atoms with Crippen molar-refractivity contribution in [2.45, 2.75) is 32.1 Å². The minimum Gasteiger partial charge on any atom is -0.317 e. The fourth-order valence-corrected chi connectivity index (χ4v) is 2.36. The Kier molecular flexibility index (Phi) is 2.98. The summed E-state index contributed by atoms with van der Waals surface area (Å²) in [5.41, 5.74) is 0.667. The van der Waals surface area contributed by atoms with Gasteiger partial charge in [-0.15, -0.1) is 0 Å². The van der Waals surface area contributed by atoms with Crippen molar-refractivity contribution in [2.24, 2.45) is 0 Å². The van der Waals surface area contributed by atoms with Crippen molar-refractivity contribution in [2.75, 3.05) is 13.1 Å². The smallest absolute Gasteiger partial charge is 0.127 e. The molecule has 1 aliphatic heterocycles. The number of hydrogen-bond acceptors (Lipinski definition) is 1. The van der Waals surface area contributed by atoms with Crippen molar-refractivity contribution in [3.63, 3.8) is 0 Å². The Morgan fingerprint density at radius 2 is 1.75 bits per heavy atom. The van der Waals surface area contributed by atoms with Crippen LogP contribution in [0.1, 0.15) is 30.9 Å².